The Balaban J connectivity index is 1.84. The number of rotatable bonds is 6. The van der Waals surface area contributed by atoms with Crippen molar-refractivity contribution in [3.8, 4) is 5.75 Å². The Morgan fingerprint density at radius 2 is 1.91 bits per heavy atom. The van der Waals surface area contributed by atoms with Crippen LogP contribution in [0, 0.1) is 11.2 Å². The third kappa shape index (κ3) is 3.96. The van der Waals surface area contributed by atoms with E-state index >= 15 is 0 Å². The first kappa shape index (κ1) is 16.3. The summed E-state index contributed by atoms with van der Waals surface area (Å²) in [6.07, 6.45) is 3.87. The largest absolute Gasteiger partial charge is 0.481 e. The summed E-state index contributed by atoms with van der Waals surface area (Å²) in [5.41, 5.74) is -0.883. The maximum Gasteiger partial charge on any atom is 0.311 e. The molecular weight excluding hydrogens is 289 g/mol. The van der Waals surface area contributed by atoms with E-state index in [0.29, 0.717) is 12.8 Å². The molecule has 5 nitrogen and oxygen atoms in total. The highest BCUT2D eigenvalue weighted by molar-refractivity contribution is 5.80. The first-order valence-electron chi connectivity index (χ1n) is 7.41. The van der Waals surface area contributed by atoms with Gasteiger partial charge < -0.3 is 15.2 Å². The molecule has 0 aromatic heterocycles. The van der Waals surface area contributed by atoms with Gasteiger partial charge >= 0.3 is 5.97 Å². The van der Waals surface area contributed by atoms with Crippen molar-refractivity contribution in [3.63, 3.8) is 0 Å². The van der Waals surface area contributed by atoms with E-state index in [-0.39, 0.29) is 18.9 Å². The van der Waals surface area contributed by atoms with Gasteiger partial charge in [-0.3, -0.25) is 9.59 Å². The molecule has 6 heteroatoms. The Kier molecular flexibility index (Phi) is 5.35. The number of para-hydroxylation sites is 1. The number of carboxylic acid groups (broad SMARTS) is 1. The Bertz CT molecular complexity index is 541. The lowest BCUT2D eigenvalue weighted by molar-refractivity contribution is -0.151. The molecule has 0 aliphatic heterocycles. The highest BCUT2D eigenvalue weighted by atomic mass is 19.1. The number of halogens is 1. The average molecular weight is 309 g/mol. The van der Waals surface area contributed by atoms with Gasteiger partial charge in [-0.15, -0.1) is 0 Å². The predicted molar refractivity (Wildman–Crippen MR) is 78.1 cm³/mol. The van der Waals surface area contributed by atoms with Gasteiger partial charge in [0, 0.05) is 6.54 Å². The van der Waals surface area contributed by atoms with Crippen LogP contribution in [0.3, 0.4) is 0 Å². The van der Waals surface area contributed by atoms with Crippen molar-refractivity contribution in [3.05, 3.63) is 30.1 Å². The minimum absolute atomic E-state index is 0.00302. The van der Waals surface area contributed by atoms with Gasteiger partial charge in [-0.1, -0.05) is 31.4 Å². The van der Waals surface area contributed by atoms with Gasteiger partial charge in [0.15, 0.2) is 18.2 Å². The number of carbonyl (C=O) groups is 2. The number of amides is 1. The number of carboxylic acids is 1. The van der Waals surface area contributed by atoms with Gasteiger partial charge in [-0.2, -0.15) is 0 Å². The molecular formula is C16H20FNO4. The van der Waals surface area contributed by atoms with Crippen LogP contribution in [0.25, 0.3) is 0 Å². The van der Waals surface area contributed by atoms with Crippen molar-refractivity contribution in [2.75, 3.05) is 13.2 Å². The smallest absolute Gasteiger partial charge is 0.311 e. The molecule has 0 spiro atoms. The van der Waals surface area contributed by atoms with Gasteiger partial charge in [0.1, 0.15) is 0 Å². The zero-order valence-electron chi connectivity index (χ0n) is 12.3. The van der Waals surface area contributed by atoms with Crippen LogP contribution >= 0.6 is 0 Å². The lowest BCUT2D eigenvalue weighted by Gasteiger charge is -2.33. The standard InChI is InChI=1S/C16H20FNO4/c17-12-6-2-3-7-13(12)22-10-14(19)18-11-16(15(20)21)8-4-1-5-9-16/h2-3,6-7H,1,4-5,8-11H2,(H,18,19)(H,20,21). The number of benzene rings is 1. The molecule has 2 rings (SSSR count). The molecule has 1 saturated carbocycles. The monoisotopic (exact) mass is 309 g/mol. The zero-order chi connectivity index (χ0) is 16.0. The molecule has 1 aliphatic rings. The van der Waals surface area contributed by atoms with E-state index in [0.717, 1.165) is 19.3 Å². The molecule has 0 radical (unpaired) electrons. The maximum atomic E-state index is 13.3. The summed E-state index contributed by atoms with van der Waals surface area (Å²) in [5.74, 6) is -1.86. The van der Waals surface area contributed by atoms with Crippen LogP contribution in [0.2, 0.25) is 0 Å². The van der Waals surface area contributed by atoms with Crippen LogP contribution in [0.5, 0.6) is 5.75 Å². The molecule has 1 fully saturated rings. The van der Waals surface area contributed by atoms with Crippen molar-refractivity contribution in [2.45, 2.75) is 32.1 Å². The first-order valence-corrected chi connectivity index (χ1v) is 7.41. The normalized spacial score (nSPS) is 16.8. The van der Waals surface area contributed by atoms with E-state index < -0.39 is 23.1 Å². The molecule has 22 heavy (non-hydrogen) atoms. The van der Waals surface area contributed by atoms with Crippen molar-refractivity contribution in [2.24, 2.45) is 5.41 Å². The van der Waals surface area contributed by atoms with Crippen LogP contribution in [-0.4, -0.2) is 30.1 Å². The molecule has 1 aromatic rings. The maximum absolute atomic E-state index is 13.3. The van der Waals surface area contributed by atoms with E-state index in [1.54, 1.807) is 6.07 Å². The second-order valence-electron chi connectivity index (χ2n) is 5.64. The molecule has 0 bridgehead atoms. The molecule has 120 valence electrons. The molecule has 0 heterocycles. The Morgan fingerprint density at radius 1 is 1.23 bits per heavy atom. The molecule has 2 N–H and O–H groups in total. The number of hydrogen-bond donors (Lipinski definition) is 2. The van der Waals surface area contributed by atoms with E-state index in [1.807, 2.05) is 0 Å². The molecule has 1 amide bonds. The third-order valence-corrected chi connectivity index (χ3v) is 4.08. The Morgan fingerprint density at radius 3 is 2.55 bits per heavy atom. The summed E-state index contributed by atoms with van der Waals surface area (Å²) < 4.78 is 18.4. The van der Waals surface area contributed by atoms with Crippen molar-refractivity contribution >= 4 is 11.9 Å². The summed E-state index contributed by atoms with van der Waals surface area (Å²) in [7, 11) is 0. The van der Waals surface area contributed by atoms with Gasteiger partial charge in [0.2, 0.25) is 0 Å². The minimum atomic E-state index is -0.883. The molecule has 1 aliphatic carbocycles. The van der Waals surface area contributed by atoms with Gasteiger partial charge in [-0.05, 0) is 25.0 Å². The number of carbonyl (C=O) groups excluding carboxylic acids is 1. The first-order chi connectivity index (χ1) is 10.5. The van der Waals surface area contributed by atoms with Crippen LogP contribution < -0.4 is 10.1 Å². The van der Waals surface area contributed by atoms with Gasteiger partial charge in [0.25, 0.3) is 5.91 Å². The Hall–Kier alpha value is -2.11. The van der Waals surface area contributed by atoms with Crippen molar-refractivity contribution in [1.82, 2.24) is 5.32 Å². The highest BCUT2D eigenvalue weighted by Crippen LogP contribution is 2.35. The van der Waals surface area contributed by atoms with Gasteiger partial charge in [-0.25, -0.2) is 4.39 Å². The minimum Gasteiger partial charge on any atom is -0.481 e. The number of hydrogen-bond acceptors (Lipinski definition) is 3. The van der Waals surface area contributed by atoms with E-state index in [4.69, 9.17) is 4.74 Å². The summed E-state index contributed by atoms with van der Waals surface area (Å²) in [4.78, 5) is 23.3. The quantitative estimate of drug-likeness (QED) is 0.846. The molecule has 0 unspecified atom stereocenters. The van der Waals surface area contributed by atoms with Gasteiger partial charge in [0.05, 0.1) is 5.41 Å². The lowest BCUT2D eigenvalue weighted by atomic mass is 9.74. The highest BCUT2D eigenvalue weighted by Gasteiger charge is 2.39. The van der Waals surface area contributed by atoms with E-state index in [2.05, 4.69) is 5.32 Å². The van der Waals surface area contributed by atoms with Crippen molar-refractivity contribution < 1.29 is 23.8 Å². The fourth-order valence-electron chi connectivity index (χ4n) is 2.72. The SMILES string of the molecule is O=C(COc1ccccc1F)NCC1(C(=O)O)CCCCC1. The summed E-state index contributed by atoms with van der Waals surface area (Å²) >= 11 is 0. The van der Waals surface area contributed by atoms with E-state index in [9.17, 15) is 19.1 Å². The van der Waals surface area contributed by atoms with E-state index in [1.165, 1.54) is 18.2 Å². The predicted octanol–water partition coefficient (Wildman–Crippen LogP) is 2.36. The zero-order valence-corrected chi connectivity index (χ0v) is 12.3. The van der Waals surface area contributed by atoms with Crippen LogP contribution in [0.4, 0.5) is 4.39 Å². The fourth-order valence-corrected chi connectivity index (χ4v) is 2.72. The average Bonchev–Trinajstić information content (AvgIpc) is 2.53. The van der Waals surface area contributed by atoms with Crippen LogP contribution in [-0.2, 0) is 9.59 Å². The molecule has 1 aromatic carbocycles. The second-order valence-corrected chi connectivity index (χ2v) is 5.64. The van der Waals surface area contributed by atoms with Crippen molar-refractivity contribution in [1.29, 1.82) is 0 Å². The number of nitrogens with one attached hydrogen (secondary N) is 1. The summed E-state index contributed by atoms with van der Waals surface area (Å²) in [6, 6.07) is 5.82. The Labute approximate surface area is 128 Å². The van der Waals surface area contributed by atoms with Crippen LogP contribution in [0.15, 0.2) is 24.3 Å². The number of aliphatic carboxylic acids is 1. The fraction of sp³-hybridized carbons (Fsp3) is 0.500. The summed E-state index contributed by atoms with van der Waals surface area (Å²) in [5, 5.41) is 12.0. The van der Waals surface area contributed by atoms with Crippen LogP contribution in [0.1, 0.15) is 32.1 Å². The lowest BCUT2D eigenvalue weighted by Crippen LogP contribution is -2.45. The molecule has 0 atom stereocenters. The topological polar surface area (TPSA) is 75.6 Å². The number of ether oxygens (including phenoxy) is 1. The third-order valence-electron chi connectivity index (χ3n) is 4.08. The molecule has 0 saturated heterocycles. The summed E-state index contributed by atoms with van der Waals surface area (Å²) in [6.45, 7) is -0.252. The second kappa shape index (κ2) is 7.24.